The third kappa shape index (κ3) is 2.35. The number of ether oxygens (including phenoxy) is 1. The van der Waals surface area contributed by atoms with Gasteiger partial charge in [-0.2, -0.15) is 0 Å². The van der Waals surface area contributed by atoms with Gasteiger partial charge < -0.3 is 4.74 Å². The molecule has 3 rings (SSSR count). The van der Waals surface area contributed by atoms with Gasteiger partial charge in [-0.3, -0.25) is 4.98 Å². The van der Waals surface area contributed by atoms with Crippen LogP contribution in [-0.2, 0) is 0 Å². The van der Waals surface area contributed by atoms with Crippen molar-refractivity contribution in [1.82, 2.24) is 4.98 Å². The Morgan fingerprint density at radius 1 is 1.26 bits per heavy atom. The summed E-state index contributed by atoms with van der Waals surface area (Å²) in [6.45, 7) is 5.12. The molecule has 0 spiro atoms. The van der Waals surface area contributed by atoms with Crippen LogP contribution in [0.15, 0.2) is 36.4 Å². The van der Waals surface area contributed by atoms with E-state index >= 15 is 0 Å². The fourth-order valence-electron chi connectivity index (χ4n) is 2.75. The van der Waals surface area contributed by atoms with E-state index in [1.165, 1.54) is 17.5 Å². The average Bonchev–Trinajstić information content (AvgIpc) is 2.46. The molecule has 0 radical (unpaired) electrons. The Morgan fingerprint density at radius 3 is 2.95 bits per heavy atom. The zero-order valence-electron chi connectivity index (χ0n) is 11.5. The molecule has 1 aliphatic heterocycles. The van der Waals surface area contributed by atoms with Gasteiger partial charge in [0.05, 0.1) is 12.3 Å². The molecule has 98 valence electrons. The van der Waals surface area contributed by atoms with Crippen LogP contribution < -0.4 is 4.74 Å². The Morgan fingerprint density at radius 2 is 2.16 bits per heavy atom. The Hall–Kier alpha value is -1.83. The van der Waals surface area contributed by atoms with Crippen LogP contribution in [-0.4, -0.2) is 11.6 Å². The summed E-state index contributed by atoms with van der Waals surface area (Å²) in [4.78, 5) is 4.60. The monoisotopic (exact) mass is 253 g/mol. The lowest BCUT2D eigenvalue weighted by atomic mass is 9.89. The highest BCUT2D eigenvalue weighted by Crippen LogP contribution is 2.37. The number of aromatic nitrogens is 1. The zero-order valence-corrected chi connectivity index (χ0v) is 11.5. The lowest BCUT2D eigenvalue weighted by molar-refractivity contribution is 0.265. The number of nitrogens with zero attached hydrogens (tertiary/aromatic N) is 1. The highest BCUT2D eigenvalue weighted by atomic mass is 16.5. The maximum absolute atomic E-state index is 5.75. The SMILES string of the molecule is CCC1CCOc2ccc(-c3cccc(C)n3)cc21. The first-order chi connectivity index (χ1) is 9.28. The summed E-state index contributed by atoms with van der Waals surface area (Å²) in [5.41, 5.74) is 4.63. The lowest BCUT2D eigenvalue weighted by Crippen LogP contribution is -2.13. The van der Waals surface area contributed by atoms with Gasteiger partial charge in [-0.1, -0.05) is 13.0 Å². The molecule has 0 bridgehead atoms. The molecule has 2 nitrogen and oxygen atoms in total. The van der Waals surface area contributed by atoms with Crippen LogP contribution in [0.1, 0.15) is 36.9 Å². The number of hydrogen-bond donors (Lipinski definition) is 0. The number of hydrogen-bond acceptors (Lipinski definition) is 2. The van der Waals surface area contributed by atoms with Crippen LogP contribution in [0.25, 0.3) is 11.3 Å². The Kier molecular flexibility index (Phi) is 3.24. The van der Waals surface area contributed by atoms with E-state index < -0.39 is 0 Å². The fourth-order valence-corrected chi connectivity index (χ4v) is 2.75. The van der Waals surface area contributed by atoms with Crippen LogP contribution in [0, 0.1) is 6.92 Å². The number of aryl methyl sites for hydroxylation is 1. The van der Waals surface area contributed by atoms with E-state index in [0.29, 0.717) is 5.92 Å². The molecule has 0 aliphatic carbocycles. The van der Waals surface area contributed by atoms with E-state index in [1.807, 2.05) is 13.0 Å². The van der Waals surface area contributed by atoms with Crippen molar-refractivity contribution >= 4 is 0 Å². The summed E-state index contributed by atoms with van der Waals surface area (Å²) in [7, 11) is 0. The van der Waals surface area contributed by atoms with Crippen molar-refractivity contribution in [2.45, 2.75) is 32.6 Å². The third-order valence-electron chi connectivity index (χ3n) is 3.85. The topological polar surface area (TPSA) is 22.1 Å². The Balaban J connectivity index is 2.05. The maximum Gasteiger partial charge on any atom is 0.122 e. The molecule has 0 amide bonds. The van der Waals surface area contributed by atoms with E-state index in [2.05, 4.69) is 42.2 Å². The number of rotatable bonds is 2. The van der Waals surface area contributed by atoms with E-state index in [4.69, 9.17) is 4.74 Å². The first kappa shape index (κ1) is 12.2. The first-order valence-electron chi connectivity index (χ1n) is 6.98. The highest BCUT2D eigenvalue weighted by Gasteiger charge is 2.20. The second kappa shape index (κ2) is 5.04. The molecule has 0 saturated carbocycles. The largest absolute Gasteiger partial charge is 0.493 e. The molecule has 1 atom stereocenters. The molecular formula is C17H19NO. The molecular weight excluding hydrogens is 234 g/mol. The van der Waals surface area contributed by atoms with Crippen LogP contribution >= 0.6 is 0 Å². The summed E-state index contributed by atoms with van der Waals surface area (Å²) >= 11 is 0. The average molecular weight is 253 g/mol. The second-order valence-electron chi connectivity index (χ2n) is 5.16. The van der Waals surface area contributed by atoms with Crippen molar-refractivity contribution in [2.75, 3.05) is 6.61 Å². The Bertz CT molecular complexity index is 592. The molecule has 2 aromatic rings. The molecule has 19 heavy (non-hydrogen) atoms. The summed E-state index contributed by atoms with van der Waals surface area (Å²) in [5.74, 6) is 1.67. The molecule has 0 N–H and O–H groups in total. The van der Waals surface area contributed by atoms with E-state index in [9.17, 15) is 0 Å². The van der Waals surface area contributed by atoms with Crippen molar-refractivity contribution < 1.29 is 4.74 Å². The molecule has 1 aromatic carbocycles. The van der Waals surface area contributed by atoms with Crippen molar-refractivity contribution in [1.29, 1.82) is 0 Å². The minimum absolute atomic E-state index is 0.619. The third-order valence-corrected chi connectivity index (χ3v) is 3.85. The summed E-state index contributed by atoms with van der Waals surface area (Å²) in [6, 6.07) is 12.6. The van der Waals surface area contributed by atoms with Gasteiger partial charge in [0.2, 0.25) is 0 Å². The lowest BCUT2D eigenvalue weighted by Gasteiger charge is -2.25. The molecule has 1 unspecified atom stereocenters. The minimum Gasteiger partial charge on any atom is -0.493 e. The molecule has 1 aromatic heterocycles. The van der Waals surface area contributed by atoms with Crippen molar-refractivity contribution in [3.8, 4) is 17.0 Å². The van der Waals surface area contributed by atoms with Crippen molar-refractivity contribution in [2.24, 2.45) is 0 Å². The second-order valence-corrected chi connectivity index (χ2v) is 5.16. The normalized spacial score (nSPS) is 17.7. The van der Waals surface area contributed by atoms with E-state index in [1.54, 1.807) is 0 Å². The van der Waals surface area contributed by atoms with Crippen LogP contribution in [0.5, 0.6) is 5.75 Å². The standard InChI is InChI=1S/C17H19NO/c1-3-13-9-10-19-17-8-7-14(11-15(13)17)16-6-4-5-12(2)18-16/h4-8,11,13H,3,9-10H2,1-2H3. The maximum atomic E-state index is 5.75. The van der Waals surface area contributed by atoms with Gasteiger partial charge in [0.1, 0.15) is 5.75 Å². The molecule has 2 heterocycles. The summed E-state index contributed by atoms with van der Waals surface area (Å²) in [5, 5.41) is 0. The minimum atomic E-state index is 0.619. The van der Waals surface area contributed by atoms with Gasteiger partial charge in [0.15, 0.2) is 0 Å². The van der Waals surface area contributed by atoms with Gasteiger partial charge in [-0.15, -0.1) is 0 Å². The van der Waals surface area contributed by atoms with Gasteiger partial charge in [-0.25, -0.2) is 0 Å². The molecule has 1 aliphatic rings. The quantitative estimate of drug-likeness (QED) is 0.794. The van der Waals surface area contributed by atoms with Crippen molar-refractivity contribution in [3.63, 3.8) is 0 Å². The van der Waals surface area contributed by atoms with Crippen LogP contribution in [0.4, 0.5) is 0 Å². The summed E-state index contributed by atoms with van der Waals surface area (Å²) in [6.07, 6.45) is 2.29. The predicted molar refractivity (Wildman–Crippen MR) is 77.6 cm³/mol. The van der Waals surface area contributed by atoms with Crippen molar-refractivity contribution in [3.05, 3.63) is 47.7 Å². The number of fused-ring (bicyclic) bond motifs is 1. The van der Waals surface area contributed by atoms with Gasteiger partial charge in [0, 0.05) is 11.3 Å². The molecule has 2 heteroatoms. The Labute approximate surface area is 114 Å². The summed E-state index contributed by atoms with van der Waals surface area (Å²) < 4.78 is 5.75. The molecule has 0 saturated heterocycles. The van der Waals surface area contributed by atoms with E-state index in [-0.39, 0.29) is 0 Å². The molecule has 0 fully saturated rings. The van der Waals surface area contributed by atoms with E-state index in [0.717, 1.165) is 30.2 Å². The van der Waals surface area contributed by atoms with Gasteiger partial charge >= 0.3 is 0 Å². The number of pyridine rings is 1. The highest BCUT2D eigenvalue weighted by molar-refractivity contribution is 5.63. The smallest absolute Gasteiger partial charge is 0.122 e. The van der Waals surface area contributed by atoms with Crippen LogP contribution in [0.3, 0.4) is 0 Å². The number of benzene rings is 1. The van der Waals surface area contributed by atoms with Crippen LogP contribution in [0.2, 0.25) is 0 Å². The van der Waals surface area contributed by atoms with Gasteiger partial charge in [-0.05, 0) is 61.6 Å². The zero-order chi connectivity index (χ0) is 13.2. The predicted octanol–water partition coefficient (Wildman–Crippen LogP) is 4.33. The fraction of sp³-hybridized carbons (Fsp3) is 0.353. The van der Waals surface area contributed by atoms with Gasteiger partial charge in [0.25, 0.3) is 0 Å². The first-order valence-corrected chi connectivity index (χ1v) is 6.98.